The summed E-state index contributed by atoms with van der Waals surface area (Å²) in [6.45, 7) is 4.73. The van der Waals surface area contributed by atoms with Gasteiger partial charge in [-0.15, -0.1) is 24.0 Å². The summed E-state index contributed by atoms with van der Waals surface area (Å²) in [6.07, 6.45) is 2.77. The van der Waals surface area contributed by atoms with Gasteiger partial charge in [0.1, 0.15) is 17.7 Å². The maximum Gasteiger partial charge on any atom is 0.321 e. The Kier molecular flexibility index (Phi) is 11.2. The second kappa shape index (κ2) is 13.9. The molecule has 9 heteroatoms. The zero-order valence-electron chi connectivity index (χ0n) is 19.1. The number of urea groups is 1. The van der Waals surface area contributed by atoms with Gasteiger partial charge in [-0.2, -0.15) is 0 Å². The third kappa shape index (κ3) is 8.71. The lowest BCUT2D eigenvalue weighted by Gasteiger charge is -2.20. The van der Waals surface area contributed by atoms with Gasteiger partial charge in [0.15, 0.2) is 5.96 Å². The van der Waals surface area contributed by atoms with Gasteiger partial charge in [0.2, 0.25) is 0 Å². The molecule has 1 heterocycles. The van der Waals surface area contributed by atoms with Crippen LogP contribution in [0.1, 0.15) is 31.7 Å². The molecular formula is C24H33FIN5O2. The van der Waals surface area contributed by atoms with Crippen molar-refractivity contribution in [3.8, 4) is 5.75 Å². The topological polar surface area (TPSA) is 78.0 Å². The Balaban J connectivity index is 0.00000385. The van der Waals surface area contributed by atoms with Gasteiger partial charge in [-0.25, -0.2) is 9.18 Å². The van der Waals surface area contributed by atoms with Crippen molar-refractivity contribution in [3.05, 3.63) is 59.9 Å². The number of rotatable bonds is 8. The first-order valence-electron chi connectivity index (χ1n) is 11.1. The van der Waals surface area contributed by atoms with Crippen LogP contribution in [0.2, 0.25) is 0 Å². The molecular weight excluding hydrogens is 536 g/mol. The number of nitrogens with zero attached hydrogens (tertiary/aromatic N) is 2. The number of likely N-dealkylation sites (tertiary alicyclic amines) is 1. The minimum atomic E-state index is -0.318. The number of guanidine groups is 1. The molecule has 1 unspecified atom stereocenters. The minimum Gasteiger partial charge on any atom is -0.489 e. The monoisotopic (exact) mass is 569 g/mol. The van der Waals surface area contributed by atoms with Crippen LogP contribution in [-0.2, 0) is 6.54 Å². The molecule has 3 N–H and O–H groups in total. The third-order valence-corrected chi connectivity index (χ3v) is 5.31. The highest BCUT2D eigenvalue weighted by molar-refractivity contribution is 14.0. The highest BCUT2D eigenvalue weighted by Gasteiger charge is 2.17. The summed E-state index contributed by atoms with van der Waals surface area (Å²) in [7, 11) is 1.70. The molecule has 2 aromatic rings. The van der Waals surface area contributed by atoms with Crippen molar-refractivity contribution in [2.45, 2.75) is 38.8 Å². The van der Waals surface area contributed by atoms with Gasteiger partial charge in [0, 0.05) is 38.4 Å². The van der Waals surface area contributed by atoms with Crippen molar-refractivity contribution < 1.29 is 13.9 Å². The third-order valence-electron chi connectivity index (χ3n) is 5.31. The van der Waals surface area contributed by atoms with Crippen molar-refractivity contribution >= 4 is 41.7 Å². The Morgan fingerprint density at radius 3 is 2.61 bits per heavy atom. The van der Waals surface area contributed by atoms with E-state index in [1.54, 1.807) is 19.2 Å². The normalized spacial score (nSPS) is 14.3. The zero-order valence-corrected chi connectivity index (χ0v) is 21.5. The highest BCUT2D eigenvalue weighted by atomic mass is 127. The number of hydrogen-bond acceptors (Lipinski definition) is 3. The number of aliphatic imine (C=N–C) groups is 1. The Labute approximate surface area is 212 Å². The fraction of sp³-hybridized carbons (Fsp3) is 0.417. The van der Waals surface area contributed by atoms with E-state index in [9.17, 15) is 9.18 Å². The van der Waals surface area contributed by atoms with Crippen LogP contribution in [-0.4, -0.2) is 49.7 Å². The van der Waals surface area contributed by atoms with Gasteiger partial charge < -0.3 is 25.6 Å². The smallest absolute Gasteiger partial charge is 0.321 e. The van der Waals surface area contributed by atoms with Crippen molar-refractivity contribution in [2.75, 3.05) is 32.0 Å². The lowest BCUT2D eigenvalue weighted by atomic mass is 10.2. The molecule has 3 rings (SSSR count). The van der Waals surface area contributed by atoms with E-state index in [4.69, 9.17) is 4.74 Å². The quantitative estimate of drug-likeness (QED) is 0.247. The van der Waals surface area contributed by atoms with Crippen LogP contribution in [0.25, 0.3) is 0 Å². The van der Waals surface area contributed by atoms with Crippen molar-refractivity contribution in [3.63, 3.8) is 0 Å². The number of carbonyl (C=O) groups is 1. The second-order valence-electron chi connectivity index (χ2n) is 7.74. The fourth-order valence-corrected chi connectivity index (χ4v) is 3.50. The van der Waals surface area contributed by atoms with Crippen LogP contribution < -0.4 is 20.7 Å². The molecule has 2 aromatic carbocycles. The average Bonchev–Trinajstić information content (AvgIpc) is 3.34. The second-order valence-corrected chi connectivity index (χ2v) is 7.74. The lowest BCUT2D eigenvalue weighted by Crippen LogP contribution is -2.42. The van der Waals surface area contributed by atoms with Crippen molar-refractivity contribution in [2.24, 2.45) is 4.99 Å². The summed E-state index contributed by atoms with van der Waals surface area (Å²) in [5, 5.41) is 9.50. The van der Waals surface area contributed by atoms with Crippen LogP contribution >= 0.6 is 24.0 Å². The van der Waals surface area contributed by atoms with E-state index in [0.29, 0.717) is 24.8 Å². The molecule has 0 aromatic heterocycles. The molecule has 1 aliphatic heterocycles. The predicted octanol–water partition coefficient (Wildman–Crippen LogP) is 4.59. The summed E-state index contributed by atoms with van der Waals surface area (Å²) < 4.78 is 19.2. The first-order valence-corrected chi connectivity index (χ1v) is 11.1. The summed E-state index contributed by atoms with van der Waals surface area (Å²) in [4.78, 5) is 18.4. The molecule has 7 nitrogen and oxygen atoms in total. The zero-order chi connectivity index (χ0) is 22.8. The molecule has 1 atom stereocenters. The number of halogens is 2. The van der Waals surface area contributed by atoms with Crippen LogP contribution in [0.4, 0.5) is 14.9 Å². The van der Waals surface area contributed by atoms with Gasteiger partial charge in [0.05, 0.1) is 6.54 Å². The van der Waals surface area contributed by atoms with Gasteiger partial charge in [0.25, 0.3) is 0 Å². The lowest BCUT2D eigenvalue weighted by molar-refractivity contribution is 0.198. The molecule has 0 spiro atoms. The Morgan fingerprint density at radius 2 is 1.91 bits per heavy atom. The SMILES string of the molecule is CCC(CNC(=NC)NCc1cccc(NC(=O)N2CCCC2)c1)Oc1cccc(F)c1.I. The van der Waals surface area contributed by atoms with Gasteiger partial charge >= 0.3 is 6.03 Å². The highest BCUT2D eigenvalue weighted by Crippen LogP contribution is 2.15. The number of benzene rings is 2. The molecule has 0 radical (unpaired) electrons. The van der Waals surface area contributed by atoms with Crippen LogP contribution in [0.15, 0.2) is 53.5 Å². The van der Waals surface area contributed by atoms with E-state index < -0.39 is 0 Å². The average molecular weight is 569 g/mol. The molecule has 2 amide bonds. The van der Waals surface area contributed by atoms with E-state index in [2.05, 4.69) is 20.9 Å². The molecule has 33 heavy (non-hydrogen) atoms. The molecule has 0 bridgehead atoms. The van der Waals surface area contributed by atoms with E-state index in [0.717, 1.165) is 43.6 Å². The Hall–Kier alpha value is -2.56. The van der Waals surface area contributed by atoms with E-state index >= 15 is 0 Å². The van der Waals surface area contributed by atoms with Crippen LogP contribution in [0.3, 0.4) is 0 Å². The molecule has 180 valence electrons. The van der Waals surface area contributed by atoms with Crippen molar-refractivity contribution in [1.82, 2.24) is 15.5 Å². The maximum absolute atomic E-state index is 13.4. The van der Waals surface area contributed by atoms with E-state index in [1.165, 1.54) is 12.1 Å². The fourth-order valence-electron chi connectivity index (χ4n) is 3.50. The first-order chi connectivity index (χ1) is 15.6. The molecule has 0 saturated carbocycles. The molecule has 1 saturated heterocycles. The minimum absolute atomic E-state index is 0. The number of anilines is 1. The summed E-state index contributed by atoms with van der Waals surface area (Å²) in [5.41, 5.74) is 1.80. The van der Waals surface area contributed by atoms with Gasteiger partial charge in [-0.05, 0) is 49.1 Å². The number of ether oxygens (including phenoxy) is 1. The molecule has 1 aliphatic rings. The van der Waals surface area contributed by atoms with E-state index in [1.807, 2.05) is 36.1 Å². The first kappa shape index (κ1) is 26.7. The van der Waals surface area contributed by atoms with E-state index in [-0.39, 0.29) is 41.9 Å². The molecule has 0 aliphatic carbocycles. The van der Waals surface area contributed by atoms with Crippen molar-refractivity contribution in [1.29, 1.82) is 0 Å². The summed E-state index contributed by atoms with van der Waals surface area (Å²) in [6, 6.07) is 13.9. The Morgan fingerprint density at radius 1 is 1.15 bits per heavy atom. The van der Waals surface area contributed by atoms with Crippen LogP contribution in [0, 0.1) is 5.82 Å². The summed E-state index contributed by atoms with van der Waals surface area (Å²) >= 11 is 0. The number of hydrogen-bond donors (Lipinski definition) is 3. The van der Waals surface area contributed by atoms with Crippen LogP contribution in [0.5, 0.6) is 5.75 Å². The predicted molar refractivity (Wildman–Crippen MR) is 141 cm³/mol. The largest absolute Gasteiger partial charge is 0.489 e. The number of nitrogens with one attached hydrogen (secondary N) is 3. The maximum atomic E-state index is 13.4. The van der Waals surface area contributed by atoms with Gasteiger partial charge in [-0.3, -0.25) is 4.99 Å². The Bertz CT molecular complexity index is 921. The molecule has 1 fully saturated rings. The van der Waals surface area contributed by atoms with Gasteiger partial charge in [-0.1, -0.05) is 25.1 Å². The number of amides is 2. The standard InChI is InChI=1S/C24H32FN5O2.HI/c1-3-21(32-22-11-7-9-19(25)15-22)17-28-23(26-2)27-16-18-8-6-10-20(14-18)29-24(31)30-12-4-5-13-30;/h6-11,14-15,21H,3-5,12-13,16-17H2,1-2H3,(H,29,31)(H2,26,27,28);1H. The number of carbonyl (C=O) groups excluding carboxylic acids is 1. The summed E-state index contributed by atoms with van der Waals surface area (Å²) in [5.74, 6) is 0.828.